The van der Waals surface area contributed by atoms with Crippen molar-refractivity contribution < 1.29 is 4.42 Å². The molecule has 3 aromatic rings. The fraction of sp³-hybridized carbons (Fsp3) is 0.267. The summed E-state index contributed by atoms with van der Waals surface area (Å²) in [6.45, 7) is 3.00. The largest absolute Gasteiger partial charge is 0.453 e. The summed E-state index contributed by atoms with van der Waals surface area (Å²) in [4.78, 5) is 4.69. The van der Waals surface area contributed by atoms with Crippen LogP contribution in [0.15, 0.2) is 45.5 Å². The molecule has 0 fully saturated rings. The number of hydrogen-bond donors (Lipinski definition) is 1. The van der Waals surface area contributed by atoms with Gasteiger partial charge in [-0.1, -0.05) is 19.1 Å². The van der Waals surface area contributed by atoms with Gasteiger partial charge in [-0.05, 0) is 46.7 Å². The zero-order valence-corrected chi connectivity index (χ0v) is 13.5. The number of likely N-dealkylation sites (N-methyl/N-ethyl adjacent to an activating group) is 1. The average Bonchev–Trinajstić information content (AvgIpc) is 3.03. The summed E-state index contributed by atoms with van der Waals surface area (Å²) in [5.41, 5.74) is 1.07. The minimum atomic E-state index is 0.159. The van der Waals surface area contributed by atoms with Gasteiger partial charge in [0.1, 0.15) is 5.76 Å². The summed E-state index contributed by atoms with van der Waals surface area (Å²) in [5.74, 6) is 0.943. The minimum absolute atomic E-state index is 0.159. The third-order valence-corrected chi connectivity index (χ3v) is 4.59. The van der Waals surface area contributed by atoms with Crippen LogP contribution >= 0.6 is 27.3 Å². The number of rotatable bonds is 5. The first-order valence-electron chi connectivity index (χ1n) is 6.59. The van der Waals surface area contributed by atoms with E-state index in [1.54, 1.807) is 11.3 Å². The van der Waals surface area contributed by atoms with E-state index in [1.165, 1.54) is 4.70 Å². The van der Waals surface area contributed by atoms with Gasteiger partial charge in [-0.2, -0.15) is 0 Å². The zero-order valence-electron chi connectivity index (χ0n) is 11.1. The molecule has 0 saturated carbocycles. The first kappa shape index (κ1) is 13.8. The molecule has 3 rings (SSSR count). The van der Waals surface area contributed by atoms with Gasteiger partial charge in [-0.15, -0.1) is 11.3 Å². The molecule has 0 aliphatic carbocycles. The highest BCUT2D eigenvalue weighted by Crippen LogP contribution is 2.28. The topological polar surface area (TPSA) is 38.1 Å². The fourth-order valence-electron chi connectivity index (χ4n) is 2.22. The Morgan fingerprint density at radius 3 is 2.85 bits per heavy atom. The van der Waals surface area contributed by atoms with Crippen molar-refractivity contribution in [3.8, 4) is 0 Å². The maximum Gasteiger partial charge on any atom is 0.169 e. The third kappa shape index (κ3) is 2.95. The molecule has 2 heterocycles. The van der Waals surface area contributed by atoms with Gasteiger partial charge >= 0.3 is 0 Å². The Balaban J connectivity index is 1.85. The number of furan rings is 1. The van der Waals surface area contributed by atoms with Gasteiger partial charge in [0.25, 0.3) is 0 Å². The van der Waals surface area contributed by atoms with Crippen LogP contribution < -0.4 is 5.32 Å². The summed E-state index contributed by atoms with van der Waals surface area (Å²) >= 11 is 5.11. The molecule has 1 aromatic carbocycles. The molecule has 0 saturated heterocycles. The van der Waals surface area contributed by atoms with Gasteiger partial charge in [-0.3, -0.25) is 0 Å². The predicted molar refractivity (Wildman–Crippen MR) is 86.1 cm³/mol. The Morgan fingerprint density at radius 1 is 1.30 bits per heavy atom. The van der Waals surface area contributed by atoms with E-state index in [1.807, 2.05) is 18.2 Å². The molecule has 3 nitrogen and oxygen atoms in total. The Hall–Kier alpha value is -1.17. The standard InChI is InChI=1S/C15H15BrN2OS/c1-2-17-11(12-7-8-14(16)19-12)9-15-18-10-5-3-4-6-13(10)20-15/h3-8,11,17H,2,9H2,1H3. The van der Waals surface area contributed by atoms with Gasteiger partial charge in [-0.25, -0.2) is 4.98 Å². The summed E-state index contributed by atoms with van der Waals surface area (Å²) in [6, 6.07) is 12.3. The van der Waals surface area contributed by atoms with Crippen molar-refractivity contribution in [1.82, 2.24) is 10.3 Å². The van der Waals surface area contributed by atoms with E-state index >= 15 is 0 Å². The van der Waals surface area contributed by atoms with E-state index in [2.05, 4.69) is 46.4 Å². The quantitative estimate of drug-likeness (QED) is 0.733. The summed E-state index contributed by atoms with van der Waals surface area (Å²) in [7, 11) is 0. The Labute approximate surface area is 130 Å². The van der Waals surface area contributed by atoms with Crippen LogP contribution in [0.25, 0.3) is 10.2 Å². The van der Waals surface area contributed by atoms with Gasteiger partial charge in [0.15, 0.2) is 4.67 Å². The van der Waals surface area contributed by atoms with E-state index in [0.29, 0.717) is 0 Å². The lowest BCUT2D eigenvalue weighted by molar-refractivity contribution is 0.405. The number of nitrogens with zero attached hydrogens (tertiary/aromatic N) is 1. The normalized spacial score (nSPS) is 12.9. The number of benzene rings is 1. The van der Waals surface area contributed by atoms with Gasteiger partial charge in [0, 0.05) is 6.42 Å². The molecule has 5 heteroatoms. The molecule has 2 aromatic heterocycles. The predicted octanol–water partition coefficient (Wildman–Crippen LogP) is 4.55. The number of fused-ring (bicyclic) bond motifs is 1. The monoisotopic (exact) mass is 350 g/mol. The number of aromatic nitrogens is 1. The Kier molecular flexibility index (Phi) is 4.19. The van der Waals surface area contributed by atoms with E-state index in [4.69, 9.17) is 9.40 Å². The van der Waals surface area contributed by atoms with Gasteiger partial charge in [0.2, 0.25) is 0 Å². The van der Waals surface area contributed by atoms with Crippen molar-refractivity contribution in [3.63, 3.8) is 0 Å². The van der Waals surface area contributed by atoms with Crippen molar-refractivity contribution in [2.45, 2.75) is 19.4 Å². The molecule has 0 aliphatic heterocycles. The van der Waals surface area contributed by atoms with Crippen LogP contribution in [-0.4, -0.2) is 11.5 Å². The summed E-state index contributed by atoms with van der Waals surface area (Å²) in [5, 5.41) is 4.59. The highest BCUT2D eigenvalue weighted by molar-refractivity contribution is 9.10. The smallest absolute Gasteiger partial charge is 0.169 e. The van der Waals surface area contributed by atoms with Crippen LogP contribution in [0, 0.1) is 0 Å². The van der Waals surface area contributed by atoms with Crippen LogP contribution in [0.4, 0.5) is 0 Å². The van der Waals surface area contributed by atoms with Crippen molar-refractivity contribution in [1.29, 1.82) is 0 Å². The molecule has 0 bridgehead atoms. The van der Waals surface area contributed by atoms with Crippen molar-refractivity contribution in [2.24, 2.45) is 0 Å². The van der Waals surface area contributed by atoms with E-state index in [-0.39, 0.29) is 6.04 Å². The van der Waals surface area contributed by atoms with Crippen LogP contribution in [0.3, 0.4) is 0 Å². The molecule has 1 atom stereocenters. The van der Waals surface area contributed by atoms with E-state index in [9.17, 15) is 0 Å². The van der Waals surface area contributed by atoms with Crippen LogP contribution in [-0.2, 0) is 6.42 Å². The Morgan fingerprint density at radius 2 is 2.15 bits per heavy atom. The number of halogens is 1. The molecular weight excluding hydrogens is 336 g/mol. The lowest BCUT2D eigenvalue weighted by atomic mass is 10.1. The number of para-hydroxylation sites is 1. The number of thiazole rings is 1. The second-order valence-electron chi connectivity index (χ2n) is 4.53. The number of hydrogen-bond acceptors (Lipinski definition) is 4. The van der Waals surface area contributed by atoms with E-state index < -0.39 is 0 Å². The molecule has 104 valence electrons. The lowest BCUT2D eigenvalue weighted by Crippen LogP contribution is -2.22. The van der Waals surface area contributed by atoms with Gasteiger partial charge < -0.3 is 9.73 Å². The highest BCUT2D eigenvalue weighted by Gasteiger charge is 2.17. The minimum Gasteiger partial charge on any atom is -0.453 e. The van der Waals surface area contributed by atoms with E-state index in [0.717, 1.165) is 33.9 Å². The lowest BCUT2D eigenvalue weighted by Gasteiger charge is -2.13. The van der Waals surface area contributed by atoms with Crippen molar-refractivity contribution >= 4 is 37.5 Å². The highest BCUT2D eigenvalue weighted by atomic mass is 79.9. The van der Waals surface area contributed by atoms with Crippen LogP contribution in [0.5, 0.6) is 0 Å². The second-order valence-corrected chi connectivity index (χ2v) is 6.43. The first-order chi connectivity index (χ1) is 9.76. The maximum absolute atomic E-state index is 5.68. The summed E-state index contributed by atoms with van der Waals surface area (Å²) < 4.78 is 7.67. The third-order valence-electron chi connectivity index (χ3n) is 3.10. The molecule has 20 heavy (non-hydrogen) atoms. The summed E-state index contributed by atoms with van der Waals surface area (Å²) in [6.07, 6.45) is 0.840. The molecule has 1 N–H and O–H groups in total. The zero-order chi connectivity index (χ0) is 13.9. The molecule has 0 amide bonds. The van der Waals surface area contributed by atoms with Crippen LogP contribution in [0.1, 0.15) is 23.7 Å². The SMILES string of the molecule is CCNC(Cc1nc2ccccc2s1)c1ccc(Br)o1. The maximum atomic E-state index is 5.68. The van der Waals surface area contributed by atoms with Crippen molar-refractivity contribution in [3.05, 3.63) is 51.8 Å². The van der Waals surface area contributed by atoms with Crippen LogP contribution in [0.2, 0.25) is 0 Å². The van der Waals surface area contributed by atoms with Crippen molar-refractivity contribution in [2.75, 3.05) is 6.54 Å². The fourth-order valence-corrected chi connectivity index (χ4v) is 3.55. The molecule has 0 aliphatic rings. The molecular formula is C15H15BrN2OS. The molecule has 1 unspecified atom stereocenters. The first-order valence-corrected chi connectivity index (χ1v) is 8.20. The Bertz CT molecular complexity index is 674. The second kappa shape index (κ2) is 6.08. The molecule has 0 radical (unpaired) electrons. The average molecular weight is 351 g/mol. The molecule has 0 spiro atoms. The van der Waals surface area contributed by atoms with Gasteiger partial charge in [0.05, 0.1) is 21.3 Å². The number of nitrogens with one attached hydrogen (secondary N) is 1.